The first-order valence-corrected chi connectivity index (χ1v) is 8.13. The summed E-state index contributed by atoms with van der Waals surface area (Å²) in [7, 11) is 4.67. The van der Waals surface area contributed by atoms with Gasteiger partial charge in [0.05, 0.1) is 31.6 Å². The van der Waals surface area contributed by atoms with Crippen molar-refractivity contribution in [2.45, 2.75) is 6.54 Å². The highest BCUT2D eigenvalue weighted by atomic mass is 16.6. The van der Waals surface area contributed by atoms with Gasteiger partial charge in [-0.05, 0) is 29.8 Å². The molecule has 8 nitrogen and oxygen atoms in total. The number of rotatable bonds is 7. The van der Waals surface area contributed by atoms with Gasteiger partial charge in [-0.25, -0.2) is 0 Å². The minimum Gasteiger partial charge on any atom is -0.493 e. The van der Waals surface area contributed by atoms with E-state index in [0.29, 0.717) is 29.2 Å². The molecule has 0 spiro atoms. The Kier molecular flexibility index (Phi) is 5.25. The number of pyridine rings is 1. The monoisotopic (exact) mass is 369 g/mol. The first-order valence-electron chi connectivity index (χ1n) is 8.13. The summed E-state index contributed by atoms with van der Waals surface area (Å²) in [6.45, 7) is 0.464. The average Bonchev–Trinajstić information content (AvgIpc) is 2.70. The van der Waals surface area contributed by atoms with Crippen LogP contribution in [0.3, 0.4) is 0 Å². The summed E-state index contributed by atoms with van der Waals surface area (Å²) in [6, 6.07) is 8.62. The molecule has 0 aliphatic carbocycles. The molecule has 0 saturated heterocycles. The highest BCUT2D eigenvalue weighted by molar-refractivity contribution is 5.99. The number of ether oxygens (including phenoxy) is 3. The van der Waals surface area contributed by atoms with Crippen LogP contribution in [0.4, 0.5) is 11.4 Å². The van der Waals surface area contributed by atoms with Crippen molar-refractivity contribution in [3.05, 3.63) is 58.4 Å². The summed E-state index contributed by atoms with van der Waals surface area (Å²) in [6.07, 6.45) is 3.11. The fourth-order valence-electron chi connectivity index (χ4n) is 2.92. The standard InChI is InChI=1S/C19H19N3O5/c1-25-17-8-12(9-18(26-2)19(17)27-3)10-21-15-4-5-16(22(23)24)14-11-20-7-6-13(14)15/h4-9,11,21H,10H2,1-3H3. The van der Waals surface area contributed by atoms with E-state index < -0.39 is 4.92 Å². The number of nitrogens with zero attached hydrogens (tertiary/aromatic N) is 2. The van der Waals surface area contributed by atoms with E-state index >= 15 is 0 Å². The smallest absolute Gasteiger partial charge is 0.278 e. The number of methoxy groups -OCH3 is 3. The van der Waals surface area contributed by atoms with Crippen molar-refractivity contribution in [1.82, 2.24) is 4.98 Å². The van der Waals surface area contributed by atoms with Crippen molar-refractivity contribution in [3.63, 3.8) is 0 Å². The molecule has 0 atom stereocenters. The lowest BCUT2D eigenvalue weighted by Gasteiger charge is -2.15. The molecule has 0 fully saturated rings. The number of hydrogen-bond donors (Lipinski definition) is 1. The fraction of sp³-hybridized carbons (Fsp3) is 0.211. The van der Waals surface area contributed by atoms with Crippen molar-refractivity contribution in [3.8, 4) is 17.2 Å². The van der Waals surface area contributed by atoms with Gasteiger partial charge in [0.15, 0.2) is 11.5 Å². The van der Waals surface area contributed by atoms with E-state index in [1.165, 1.54) is 12.3 Å². The summed E-state index contributed by atoms with van der Waals surface area (Å²) in [5, 5.41) is 15.7. The van der Waals surface area contributed by atoms with Crippen LogP contribution in [0.2, 0.25) is 0 Å². The third-order valence-electron chi connectivity index (χ3n) is 4.20. The van der Waals surface area contributed by atoms with Crippen LogP contribution < -0.4 is 19.5 Å². The van der Waals surface area contributed by atoms with Crippen LogP contribution in [0.25, 0.3) is 10.8 Å². The predicted octanol–water partition coefficient (Wildman–Crippen LogP) is 3.78. The number of aromatic nitrogens is 1. The quantitative estimate of drug-likeness (QED) is 0.500. The SMILES string of the molecule is COc1cc(CNc2ccc([N+](=O)[O-])c3cnccc23)cc(OC)c1OC. The molecule has 0 radical (unpaired) electrons. The van der Waals surface area contributed by atoms with Crippen molar-refractivity contribution in [2.75, 3.05) is 26.6 Å². The van der Waals surface area contributed by atoms with Crippen LogP contribution in [0.1, 0.15) is 5.56 Å². The molecule has 27 heavy (non-hydrogen) atoms. The zero-order chi connectivity index (χ0) is 19.4. The van der Waals surface area contributed by atoms with Gasteiger partial charge in [-0.1, -0.05) is 0 Å². The van der Waals surface area contributed by atoms with E-state index in [0.717, 1.165) is 16.6 Å². The normalized spacial score (nSPS) is 10.5. The topological polar surface area (TPSA) is 95.8 Å². The summed E-state index contributed by atoms with van der Waals surface area (Å²) >= 11 is 0. The summed E-state index contributed by atoms with van der Waals surface area (Å²) in [5.74, 6) is 1.65. The Morgan fingerprint density at radius 3 is 2.33 bits per heavy atom. The predicted molar refractivity (Wildman–Crippen MR) is 102 cm³/mol. The first kappa shape index (κ1) is 18.2. The number of hydrogen-bond acceptors (Lipinski definition) is 7. The lowest BCUT2D eigenvalue weighted by atomic mass is 10.1. The van der Waals surface area contributed by atoms with Crippen LogP contribution >= 0.6 is 0 Å². The van der Waals surface area contributed by atoms with Gasteiger partial charge in [0.1, 0.15) is 0 Å². The van der Waals surface area contributed by atoms with Crippen LogP contribution in [0, 0.1) is 10.1 Å². The number of non-ortho nitro benzene ring substituents is 1. The minimum atomic E-state index is -0.410. The Morgan fingerprint density at radius 2 is 1.74 bits per heavy atom. The molecule has 0 amide bonds. The summed E-state index contributed by atoms with van der Waals surface area (Å²) < 4.78 is 16.1. The second-order valence-corrected chi connectivity index (χ2v) is 5.70. The van der Waals surface area contributed by atoms with Gasteiger partial charge in [-0.2, -0.15) is 0 Å². The summed E-state index contributed by atoms with van der Waals surface area (Å²) in [4.78, 5) is 14.8. The molecule has 3 rings (SSSR count). The molecule has 1 heterocycles. The Bertz CT molecular complexity index is 965. The van der Waals surface area contributed by atoms with Crippen molar-refractivity contribution >= 4 is 22.1 Å². The Hall–Kier alpha value is -3.55. The van der Waals surface area contributed by atoms with Crippen LogP contribution in [-0.2, 0) is 6.54 Å². The zero-order valence-corrected chi connectivity index (χ0v) is 15.2. The Morgan fingerprint density at radius 1 is 1.04 bits per heavy atom. The maximum absolute atomic E-state index is 11.2. The van der Waals surface area contributed by atoms with Gasteiger partial charge >= 0.3 is 0 Å². The number of nitrogens with one attached hydrogen (secondary N) is 1. The van der Waals surface area contributed by atoms with E-state index in [-0.39, 0.29) is 5.69 Å². The minimum absolute atomic E-state index is 0.0245. The van der Waals surface area contributed by atoms with Crippen molar-refractivity contribution in [1.29, 1.82) is 0 Å². The van der Waals surface area contributed by atoms with E-state index in [2.05, 4.69) is 10.3 Å². The van der Waals surface area contributed by atoms with Crippen LogP contribution in [-0.4, -0.2) is 31.2 Å². The maximum Gasteiger partial charge on any atom is 0.278 e. The maximum atomic E-state index is 11.2. The molecule has 1 N–H and O–H groups in total. The van der Waals surface area contributed by atoms with E-state index in [9.17, 15) is 10.1 Å². The van der Waals surface area contributed by atoms with Gasteiger partial charge in [0, 0.05) is 36.1 Å². The molecule has 0 bridgehead atoms. The molecular weight excluding hydrogens is 350 g/mol. The third kappa shape index (κ3) is 3.55. The highest BCUT2D eigenvalue weighted by Gasteiger charge is 2.16. The van der Waals surface area contributed by atoms with Crippen LogP contribution in [0.5, 0.6) is 17.2 Å². The molecule has 3 aromatic rings. The van der Waals surface area contributed by atoms with Gasteiger partial charge < -0.3 is 19.5 Å². The van der Waals surface area contributed by atoms with E-state index in [1.54, 1.807) is 39.7 Å². The molecule has 2 aromatic carbocycles. The Labute approximate surface area is 155 Å². The third-order valence-corrected chi connectivity index (χ3v) is 4.20. The Balaban J connectivity index is 1.94. The molecule has 1 aromatic heterocycles. The lowest BCUT2D eigenvalue weighted by molar-refractivity contribution is -0.383. The number of nitro groups is 1. The number of fused-ring (bicyclic) bond motifs is 1. The molecule has 0 aliphatic rings. The van der Waals surface area contributed by atoms with Gasteiger partial charge in [0.2, 0.25) is 5.75 Å². The lowest BCUT2D eigenvalue weighted by Crippen LogP contribution is -2.03. The number of anilines is 1. The molecule has 140 valence electrons. The second kappa shape index (κ2) is 7.77. The van der Waals surface area contributed by atoms with Crippen molar-refractivity contribution in [2.24, 2.45) is 0 Å². The first-order chi connectivity index (χ1) is 13.1. The summed E-state index contributed by atoms with van der Waals surface area (Å²) in [5.41, 5.74) is 1.70. The second-order valence-electron chi connectivity index (χ2n) is 5.70. The van der Waals surface area contributed by atoms with Crippen LogP contribution in [0.15, 0.2) is 42.7 Å². The molecule has 0 unspecified atom stereocenters. The number of nitro benzene ring substituents is 1. The largest absolute Gasteiger partial charge is 0.493 e. The zero-order valence-electron chi connectivity index (χ0n) is 15.2. The highest BCUT2D eigenvalue weighted by Crippen LogP contribution is 2.38. The van der Waals surface area contributed by atoms with Crippen molar-refractivity contribution < 1.29 is 19.1 Å². The average molecular weight is 369 g/mol. The van der Waals surface area contributed by atoms with E-state index in [1.807, 2.05) is 12.1 Å². The van der Waals surface area contributed by atoms with Gasteiger partial charge in [-0.15, -0.1) is 0 Å². The molecule has 0 aliphatic heterocycles. The molecule has 8 heteroatoms. The van der Waals surface area contributed by atoms with Gasteiger partial charge in [-0.3, -0.25) is 15.1 Å². The van der Waals surface area contributed by atoms with E-state index in [4.69, 9.17) is 14.2 Å². The molecular formula is C19H19N3O5. The van der Waals surface area contributed by atoms with Gasteiger partial charge in [0.25, 0.3) is 5.69 Å². The fourth-order valence-corrected chi connectivity index (χ4v) is 2.92. The number of benzene rings is 2. The molecule has 0 saturated carbocycles.